The van der Waals surface area contributed by atoms with Crippen LogP contribution < -0.4 is 5.32 Å². The number of aromatic nitrogens is 3. The van der Waals surface area contributed by atoms with Crippen LogP contribution in [-0.4, -0.2) is 50.8 Å². The number of halogens is 1. The van der Waals surface area contributed by atoms with Crippen LogP contribution in [0.4, 0.5) is 4.39 Å². The van der Waals surface area contributed by atoms with Crippen LogP contribution in [0.5, 0.6) is 0 Å². The molecule has 0 atom stereocenters. The molecule has 1 N–H and O–H groups in total. The van der Waals surface area contributed by atoms with Crippen LogP contribution in [0.15, 0.2) is 54.7 Å². The minimum atomic E-state index is -0.384. The summed E-state index contributed by atoms with van der Waals surface area (Å²) in [5, 5.41) is 11.0. The third-order valence-corrected chi connectivity index (χ3v) is 5.92. The van der Waals surface area contributed by atoms with Gasteiger partial charge in [0, 0.05) is 24.7 Å². The number of likely N-dealkylation sites (tertiary alicyclic amines) is 1. The van der Waals surface area contributed by atoms with Crippen molar-refractivity contribution >= 4 is 11.8 Å². The van der Waals surface area contributed by atoms with Gasteiger partial charge >= 0.3 is 0 Å². The van der Waals surface area contributed by atoms with Crippen LogP contribution >= 0.6 is 0 Å². The van der Waals surface area contributed by atoms with Crippen molar-refractivity contribution in [1.29, 1.82) is 0 Å². The number of nitrogens with one attached hydrogen (secondary N) is 1. The highest BCUT2D eigenvalue weighted by Gasteiger charge is 2.26. The summed E-state index contributed by atoms with van der Waals surface area (Å²) >= 11 is 0. The maximum atomic E-state index is 13.4. The zero-order valence-electron chi connectivity index (χ0n) is 19.1. The number of piperidine rings is 1. The van der Waals surface area contributed by atoms with Crippen LogP contribution in [0.2, 0.25) is 0 Å². The molecule has 0 saturated carbocycles. The van der Waals surface area contributed by atoms with Crippen LogP contribution in [0.3, 0.4) is 0 Å². The number of carbonyl (C=O) groups excluding carboxylic acids is 2. The number of amides is 2. The molecule has 8 heteroatoms. The Morgan fingerprint density at radius 2 is 1.76 bits per heavy atom. The van der Waals surface area contributed by atoms with E-state index in [4.69, 9.17) is 0 Å². The Hall–Kier alpha value is -3.55. The predicted molar refractivity (Wildman–Crippen MR) is 123 cm³/mol. The molecule has 4 rings (SSSR count). The van der Waals surface area contributed by atoms with Crippen molar-refractivity contribution < 1.29 is 14.0 Å². The van der Waals surface area contributed by atoms with Gasteiger partial charge in [0.05, 0.1) is 11.9 Å². The number of hydrogen-bond donors (Lipinski definition) is 1. The Bertz CT molecular complexity index is 1140. The topological polar surface area (TPSA) is 80.1 Å². The lowest BCUT2D eigenvalue weighted by Gasteiger charge is -2.32. The molecular formula is C25H28FN5O2. The number of benzene rings is 2. The smallest absolute Gasteiger partial charge is 0.276 e. The van der Waals surface area contributed by atoms with Gasteiger partial charge in [-0.3, -0.25) is 9.59 Å². The Kier molecular flexibility index (Phi) is 6.26. The molecule has 0 bridgehead atoms. The molecule has 1 aliphatic rings. The summed E-state index contributed by atoms with van der Waals surface area (Å²) in [7, 11) is 0. The largest absolute Gasteiger partial charge is 0.349 e. The second kappa shape index (κ2) is 9.13. The molecule has 0 spiro atoms. The standard InChI is InChI=1S/C25H28FN5O2/c1-25(2,3)18-9-7-17(8-10-18)23(32)27-20-11-13-30(14-12-20)24(33)22-16-31(29-28-22)21-6-4-5-19(26)15-21/h4-10,15-16,20H,11-14H2,1-3H3,(H,27,32). The van der Waals surface area contributed by atoms with Crippen molar-refractivity contribution in [2.45, 2.75) is 45.1 Å². The summed E-state index contributed by atoms with van der Waals surface area (Å²) in [6.07, 6.45) is 2.83. The van der Waals surface area contributed by atoms with Crippen LogP contribution in [-0.2, 0) is 5.41 Å². The minimum absolute atomic E-state index is 0.00631. The average Bonchev–Trinajstić information content (AvgIpc) is 3.29. The Balaban J connectivity index is 1.31. The van der Waals surface area contributed by atoms with Gasteiger partial charge in [0.1, 0.15) is 5.82 Å². The van der Waals surface area contributed by atoms with E-state index in [0.29, 0.717) is 37.2 Å². The van der Waals surface area contributed by atoms with Crippen molar-refractivity contribution in [3.63, 3.8) is 0 Å². The highest BCUT2D eigenvalue weighted by Crippen LogP contribution is 2.22. The van der Waals surface area contributed by atoms with E-state index < -0.39 is 0 Å². The van der Waals surface area contributed by atoms with Gasteiger partial charge in [0.2, 0.25) is 0 Å². The number of hydrogen-bond acceptors (Lipinski definition) is 4. The van der Waals surface area contributed by atoms with Gasteiger partial charge in [-0.15, -0.1) is 5.10 Å². The zero-order chi connectivity index (χ0) is 23.6. The third-order valence-electron chi connectivity index (χ3n) is 5.92. The highest BCUT2D eigenvalue weighted by atomic mass is 19.1. The van der Waals surface area contributed by atoms with Gasteiger partial charge in [-0.2, -0.15) is 0 Å². The van der Waals surface area contributed by atoms with E-state index in [9.17, 15) is 14.0 Å². The molecule has 7 nitrogen and oxygen atoms in total. The summed E-state index contributed by atoms with van der Waals surface area (Å²) in [5.41, 5.74) is 2.56. The van der Waals surface area contributed by atoms with Gasteiger partial charge in [-0.25, -0.2) is 9.07 Å². The summed E-state index contributed by atoms with van der Waals surface area (Å²) in [5.74, 6) is -0.705. The molecule has 172 valence electrons. The van der Waals surface area contributed by atoms with Crippen molar-refractivity contribution in [2.75, 3.05) is 13.1 Å². The summed E-state index contributed by atoms with van der Waals surface area (Å²) in [4.78, 5) is 27.2. The molecule has 1 aliphatic heterocycles. The number of carbonyl (C=O) groups is 2. The number of nitrogens with zero attached hydrogens (tertiary/aromatic N) is 4. The van der Waals surface area contributed by atoms with E-state index in [1.165, 1.54) is 28.6 Å². The lowest BCUT2D eigenvalue weighted by Crippen LogP contribution is -2.46. The van der Waals surface area contributed by atoms with Gasteiger partial charge in [-0.1, -0.05) is 44.2 Å². The van der Waals surface area contributed by atoms with Crippen LogP contribution in [0, 0.1) is 5.82 Å². The van der Waals surface area contributed by atoms with Crippen LogP contribution in [0.25, 0.3) is 5.69 Å². The van der Waals surface area contributed by atoms with E-state index in [1.807, 2.05) is 24.3 Å². The first-order chi connectivity index (χ1) is 15.7. The minimum Gasteiger partial charge on any atom is -0.349 e. The lowest BCUT2D eigenvalue weighted by molar-refractivity contribution is 0.0692. The predicted octanol–water partition coefficient (Wildman–Crippen LogP) is 3.74. The Morgan fingerprint density at radius 3 is 2.39 bits per heavy atom. The van der Waals surface area contributed by atoms with Gasteiger partial charge in [-0.05, 0) is 54.2 Å². The maximum Gasteiger partial charge on any atom is 0.276 e. The van der Waals surface area contributed by atoms with Crippen LogP contribution in [0.1, 0.15) is 60.0 Å². The Labute approximate surface area is 192 Å². The normalized spacial score (nSPS) is 14.8. The fraction of sp³-hybridized carbons (Fsp3) is 0.360. The van der Waals surface area contributed by atoms with Crippen molar-refractivity contribution in [3.05, 3.63) is 77.4 Å². The average molecular weight is 450 g/mol. The first-order valence-electron chi connectivity index (χ1n) is 11.1. The molecular weight excluding hydrogens is 421 g/mol. The first kappa shape index (κ1) is 22.6. The third kappa shape index (κ3) is 5.27. The second-order valence-corrected chi connectivity index (χ2v) is 9.40. The van der Waals surface area contributed by atoms with Crippen molar-refractivity contribution in [1.82, 2.24) is 25.2 Å². The number of rotatable bonds is 4. The van der Waals surface area contributed by atoms with E-state index in [-0.39, 0.29) is 34.8 Å². The summed E-state index contributed by atoms with van der Waals surface area (Å²) in [6.45, 7) is 7.44. The highest BCUT2D eigenvalue weighted by molar-refractivity contribution is 5.94. The SMILES string of the molecule is CC(C)(C)c1ccc(C(=O)NC2CCN(C(=O)c3cn(-c4cccc(F)c4)nn3)CC2)cc1. The molecule has 1 saturated heterocycles. The van der Waals surface area contributed by atoms with Crippen molar-refractivity contribution in [3.8, 4) is 5.69 Å². The van der Waals surface area contributed by atoms with E-state index in [1.54, 1.807) is 17.0 Å². The van der Waals surface area contributed by atoms with Gasteiger partial charge in [0.25, 0.3) is 11.8 Å². The first-order valence-corrected chi connectivity index (χ1v) is 11.1. The Morgan fingerprint density at radius 1 is 1.06 bits per heavy atom. The van der Waals surface area contributed by atoms with Crippen molar-refractivity contribution in [2.24, 2.45) is 0 Å². The molecule has 1 fully saturated rings. The molecule has 33 heavy (non-hydrogen) atoms. The lowest BCUT2D eigenvalue weighted by atomic mass is 9.86. The zero-order valence-corrected chi connectivity index (χ0v) is 19.1. The molecule has 2 aromatic carbocycles. The molecule has 0 unspecified atom stereocenters. The van der Waals surface area contributed by atoms with E-state index in [0.717, 1.165) is 0 Å². The van der Waals surface area contributed by atoms with Gasteiger partial charge < -0.3 is 10.2 Å². The molecule has 0 aliphatic carbocycles. The molecule has 2 heterocycles. The van der Waals surface area contributed by atoms with Gasteiger partial charge in [0.15, 0.2) is 5.69 Å². The van der Waals surface area contributed by atoms with E-state index in [2.05, 4.69) is 36.4 Å². The fourth-order valence-corrected chi connectivity index (χ4v) is 3.89. The fourth-order valence-electron chi connectivity index (χ4n) is 3.89. The monoisotopic (exact) mass is 449 g/mol. The molecule has 0 radical (unpaired) electrons. The second-order valence-electron chi connectivity index (χ2n) is 9.40. The maximum absolute atomic E-state index is 13.4. The molecule has 2 amide bonds. The quantitative estimate of drug-likeness (QED) is 0.658. The van der Waals surface area contributed by atoms with E-state index >= 15 is 0 Å². The molecule has 1 aromatic heterocycles. The summed E-state index contributed by atoms with van der Waals surface area (Å²) in [6, 6.07) is 13.6. The summed E-state index contributed by atoms with van der Waals surface area (Å²) < 4.78 is 14.8. The molecule has 3 aromatic rings.